The molecule has 1 aliphatic heterocycles. The molecule has 3 rings (SSSR count). The van der Waals surface area contributed by atoms with E-state index in [9.17, 15) is 4.79 Å². The third kappa shape index (κ3) is 2.56. The van der Waals surface area contributed by atoms with Crippen molar-refractivity contribution in [3.63, 3.8) is 0 Å². The van der Waals surface area contributed by atoms with Crippen LogP contribution in [0.1, 0.15) is 50.3 Å². The summed E-state index contributed by atoms with van der Waals surface area (Å²) >= 11 is 0. The molecule has 0 N–H and O–H groups in total. The first-order chi connectivity index (χ1) is 10.2. The van der Waals surface area contributed by atoms with Crippen LogP contribution < -0.4 is 0 Å². The van der Waals surface area contributed by atoms with E-state index in [1.807, 2.05) is 19.0 Å². The Kier molecular flexibility index (Phi) is 3.59. The van der Waals surface area contributed by atoms with Gasteiger partial charge in [0.2, 0.25) is 5.91 Å². The number of amides is 1. The van der Waals surface area contributed by atoms with Gasteiger partial charge in [-0.3, -0.25) is 4.79 Å². The SMILES string of the molecule is CN(C)CC(=O)N1CCc2cc(C(C)(C)C)ccc2C12CC2. The Balaban J connectivity index is 1.92. The summed E-state index contributed by atoms with van der Waals surface area (Å²) in [7, 11) is 3.93. The van der Waals surface area contributed by atoms with Gasteiger partial charge in [0.05, 0.1) is 12.1 Å². The average molecular weight is 300 g/mol. The smallest absolute Gasteiger partial charge is 0.237 e. The molecule has 0 radical (unpaired) electrons. The first kappa shape index (κ1) is 15.5. The highest BCUT2D eigenvalue weighted by Gasteiger charge is 2.53. The molecule has 3 heteroatoms. The number of hydrogen-bond acceptors (Lipinski definition) is 2. The predicted molar refractivity (Wildman–Crippen MR) is 90.0 cm³/mol. The fourth-order valence-corrected chi connectivity index (χ4v) is 3.69. The van der Waals surface area contributed by atoms with E-state index >= 15 is 0 Å². The third-order valence-electron chi connectivity index (χ3n) is 5.07. The van der Waals surface area contributed by atoms with Gasteiger partial charge in [-0.25, -0.2) is 0 Å². The molecule has 2 aliphatic rings. The van der Waals surface area contributed by atoms with Crippen LogP contribution in [0.5, 0.6) is 0 Å². The van der Waals surface area contributed by atoms with Crippen LogP contribution in [-0.2, 0) is 22.2 Å². The summed E-state index contributed by atoms with van der Waals surface area (Å²) in [5, 5.41) is 0. The van der Waals surface area contributed by atoms with E-state index < -0.39 is 0 Å². The monoisotopic (exact) mass is 300 g/mol. The summed E-state index contributed by atoms with van der Waals surface area (Å²) in [6.07, 6.45) is 3.22. The molecule has 1 spiro atoms. The molecule has 1 amide bonds. The lowest BCUT2D eigenvalue weighted by Crippen LogP contribution is -2.48. The maximum atomic E-state index is 12.6. The minimum Gasteiger partial charge on any atom is -0.331 e. The van der Waals surface area contributed by atoms with Crippen LogP contribution in [0.3, 0.4) is 0 Å². The van der Waals surface area contributed by atoms with E-state index in [1.165, 1.54) is 16.7 Å². The first-order valence-corrected chi connectivity index (χ1v) is 8.33. The van der Waals surface area contributed by atoms with E-state index in [4.69, 9.17) is 0 Å². The Morgan fingerprint density at radius 1 is 1.27 bits per heavy atom. The molecule has 120 valence electrons. The van der Waals surface area contributed by atoms with Crippen molar-refractivity contribution < 1.29 is 4.79 Å². The van der Waals surface area contributed by atoms with Gasteiger partial charge in [0, 0.05) is 6.54 Å². The molecule has 22 heavy (non-hydrogen) atoms. The fraction of sp³-hybridized carbons (Fsp3) is 0.632. The lowest BCUT2D eigenvalue weighted by atomic mass is 9.82. The molecule has 1 aromatic carbocycles. The summed E-state index contributed by atoms with van der Waals surface area (Å²) in [6.45, 7) is 8.16. The minimum absolute atomic E-state index is 0.0110. The lowest BCUT2D eigenvalue weighted by molar-refractivity contribution is -0.135. The standard InChI is InChI=1S/C19H28N2O/c1-18(2,3)15-6-7-16-14(12-15)8-11-21(19(16)9-10-19)17(22)13-20(4)5/h6-7,12H,8-11,13H2,1-5H3. The van der Waals surface area contributed by atoms with Gasteiger partial charge in [0.15, 0.2) is 0 Å². The average Bonchev–Trinajstić information content (AvgIpc) is 3.18. The number of hydrogen-bond donors (Lipinski definition) is 0. The first-order valence-electron chi connectivity index (χ1n) is 8.33. The summed E-state index contributed by atoms with van der Waals surface area (Å²) in [5.74, 6) is 0.271. The maximum absolute atomic E-state index is 12.6. The Morgan fingerprint density at radius 2 is 1.95 bits per heavy atom. The van der Waals surface area contributed by atoms with Crippen molar-refractivity contribution >= 4 is 5.91 Å². The molecule has 1 aliphatic carbocycles. The highest BCUT2D eigenvalue weighted by atomic mass is 16.2. The molecular weight excluding hydrogens is 272 g/mol. The number of likely N-dealkylation sites (N-methyl/N-ethyl adjacent to an activating group) is 1. The number of rotatable bonds is 2. The molecule has 0 saturated heterocycles. The van der Waals surface area contributed by atoms with Crippen molar-refractivity contribution in [3.05, 3.63) is 34.9 Å². The third-order valence-corrected chi connectivity index (χ3v) is 5.07. The van der Waals surface area contributed by atoms with Crippen molar-refractivity contribution in [1.29, 1.82) is 0 Å². The van der Waals surface area contributed by atoms with Gasteiger partial charge < -0.3 is 9.80 Å². The van der Waals surface area contributed by atoms with Gasteiger partial charge in [-0.15, -0.1) is 0 Å². The van der Waals surface area contributed by atoms with E-state index in [0.29, 0.717) is 6.54 Å². The van der Waals surface area contributed by atoms with Crippen LogP contribution in [0.2, 0.25) is 0 Å². The Hall–Kier alpha value is -1.35. The van der Waals surface area contributed by atoms with Crippen molar-refractivity contribution in [3.8, 4) is 0 Å². The molecular formula is C19H28N2O. The largest absolute Gasteiger partial charge is 0.331 e. The maximum Gasteiger partial charge on any atom is 0.237 e. The number of carbonyl (C=O) groups is 1. The number of carbonyl (C=O) groups excluding carboxylic acids is 1. The Morgan fingerprint density at radius 3 is 2.50 bits per heavy atom. The van der Waals surface area contributed by atoms with Gasteiger partial charge >= 0.3 is 0 Å². The second kappa shape index (κ2) is 5.09. The Labute approximate surface area is 134 Å². The second-order valence-corrected chi connectivity index (χ2v) is 8.19. The molecule has 0 aromatic heterocycles. The van der Waals surface area contributed by atoms with E-state index in [-0.39, 0.29) is 16.9 Å². The van der Waals surface area contributed by atoms with Crippen LogP contribution in [-0.4, -0.2) is 42.9 Å². The van der Waals surface area contributed by atoms with Gasteiger partial charge in [0.1, 0.15) is 0 Å². The van der Waals surface area contributed by atoms with Gasteiger partial charge in [-0.1, -0.05) is 39.0 Å². The second-order valence-electron chi connectivity index (χ2n) is 8.19. The molecule has 1 heterocycles. The van der Waals surface area contributed by atoms with Crippen LogP contribution in [0.25, 0.3) is 0 Å². The van der Waals surface area contributed by atoms with E-state index in [1.54, 1.807) is 0 Å². The molecule has 1 fully saturated rings. The molecule has 0 unspecified atom stereocenters. The highest BCUT2D eigenvalue weighted by molar-refractivity contribution is 5.80. The topological polar surface area (TPSA) is 23.6 Å². The number of fused-ring (bicyclic) bond motifs is 2. The van der Waals surface area contributed by atoms with Crippen LogP contribution in [0.15, 0.2) is 18.2 Å². The minimum atomic E-state index is 0.0110. The quantitative estimate of drug-likeness (QED) is 0.838. The molecule has 3 nitrogen and oxygen atoms in total. The van der Waals surface area contributed by atoms with Crippen LogP contribution >= 0.6 is 0 Å². The predicted octanol–water partition coefficient (Wildman–Crippen LogP) is 2.92. The van der Waals surface area contributed by atoms with Crippen molar-refractivity contribution in [2.45, 2.75) is 51.0 Å². The van der Waals surface area contributed by atoms with E-state index in [2.05, 4.69) is 43.9 Å². The normalized spacial score (nSPS) is 19.5. The fourth-order valence-electron chi connectivity index (χ4n) is 3.69. The highest BCUT2D eigenvalue weighted by Crippen LogP contribution is 2.54. The number of benzene rings is 1. The molecule has 1 saturated carbocycles. The zero-order chi connectivity index (χ0) is 16.1. The van der Waals surface area contributed by atoms with Gasteiger partial charge in [0.25, 0.3) is 0 Å². The van der Waals surface area contributed by atoms with Gasteiger partial charge in [-0.2, -0.15) is 0 Å². The number of nitrogens with zero attached hydrogens (tertiary/aromatic N) is 2. The summed E-state index contributed by atoms with van der Waals surface area (Å²) < 4.78 is 0. The summed E-state index contributed by atoms with van der Waals surface area (Å²) in [4.78, 5) is 16.7. The molecule has 0 bridgehead atoms. The zero-order valence-electron chi connectivity index (χ0n) is 14.6. The zero-order valence-corrected chi connectivity index (χ0v) is 14.6. The van der Waals surface area contributed by atoms with Crippen LogP contribution in [0, 0.1) is 0 Å². The van der Waals surface area contributed by atoms with Crippen molar-refractivity contribution in [2.75, 3.05) is 27.2 Å². The van der Waals surface area contributed by atoms with Gasteiger partial charge in [-0.05, 0) is 55.5 Å². The molecule has 1 aromatic rings. The summed E-state index contributed by atoms with van der Waals surface area (Å²) in [5.41, 5.74) is 4.45. The molecule has 0 atom stereocenters. The summed E-state index contributed by atoms with van der Waals surface area (Å²) in [6, 6.07) is 6.93. The van der Waals surface area contributed by atoms with Crippen molar-refractivity contribution in [2.24, 2.45) is 0 Å². The van der Waals surface area contributed by atoms with E-state index in [0.717, 1.165) is 25.8 Å². The van der Waals surface area contributed by atoms with Crippen LogP contribution in [0.4, 0.5) is 0 Å². The lowest BCUT2D eigenvalue weighted by Gasteiger charge is -2.39. The Bertz CT molecular complexity index is 594. The van der Waals surface area contributed by atoms with Crippen molar-refractivity contribution in [1.82, 2.24) is 9.80 Å².